The normalized spacial score (nSPS) is 10.5. The molecule has 0 bridgehead atoms. The number of nitrogen functional groups attached to an aromatic ring is 1. The molecule has 1 aromatic heterocycles. The zero-order chi connectivity index (χ0) is 14.7. The molecule has 5 nitrogen and oxygen atoms in total. The van der Waals surface area contributed by atoms with Crippen molar-refractivity contribution in [1.29, 1.82) is 0 Å². The minimum Gasteiger partial charge on any atom is -0.497 e. The molecule has 0 aliphatic carbocycles. The average molecular weight is 280 g/mol. The van der Waals surface area contributed by atoms with E-state index in [1.807, 2.05) is 48.5 Å². The predicted octanol–water partition coefficient (Wildman–Crippen LogP) is 2.65. The molecular formula is C16H16N4O. The van der Waals surface area contributed by atoms with E-state index in [4.69, 9.17) is 10.5 Å². The van der Waals surface area contributed by atoms with Crippen molar-refractivity contribution in [3.63, 3.8) is 0 Å². The van der Waals surface area contributed by atoms with Gasteiger partial charge in [-0.05, 0) is 29.8 Å². The number of nitrogens with one attached hydrogen (secondary N) is 1. The van der Waals surface area contributed by atoms with Gasteiger partial charge in [0.05, 0.1) is 7.11 Å². The molecule has 106 valence electrons. The molecule has 0 radical (unpaired) electrons. The van der Waals surface area contributed by atoms with Gasteiger partial charge in [0.1, 0.15) is 11.6 Å². The Morgan fingerprint density at radius 3 is 2.67 bits per heavy atom. The molecule has 5 heteroatoms. The first kappa shape index (κ1) is 13.2. The second-order valence-corrected chi connectivity index (χ2v) is 4.76. The third-order valence-electron chi connectivity index (χ3n) is 3.21. The van der Waals surface area contributed by atoms with Crippen LogP contribution in [-0.2, 0) is 6.42 Å². The number of hydrogen-bond donors (Lipinski definition) is 2. The van der Waals surface area contributed by atoms with Gasteiger partial charge in [-0.25, -0.2) is 4.98 Å². The molecule has 2 aromatic carbocycles. The van der Waals surface area contributed by atoms with Gasteiger partial charge in [0, 0.05) is 17.7 Å². The van der Waals surface area contributed by atoms with Crippen LogP contribution in [0.15, 0.2) is 48.5 Å². The van der Waals surface area contributed by atoms with Crippen LogP contribution < -0.4 is 10.5 Å². The molecule has 0 aliphatic rings. The Bertz CT molecular complexity index is 734. The SMILES string of the molecule is COc1ccc(Cc2nc(-c3cccc(N)c3)n[nH]2)cc1. The standard InChI is InChI=1S/C16H16N4O/c1-21-14-7-5-11(6-8-14)9-15-18-16(20-19-15)12-3-2-4-13(17)10-12/h2-8,10H,9,17H2,1H3,(H,18,19,20). The molecule has 3 rings (SSSR count). The third kappa shape index (κ3) is 3.02. The Morgan fingerprint density at radius 1 is 1.14 bits per heavy atom. The summed E-state index contributed by atoms with van der Waals surface area (Å²) in [4.78, 5) is 4.51. The fourth-order valence-corrected chi connectivity index (χ4v) is 2.12. The Morgan fingerprint density at radius 2 is 1.95 bits per heavy atom. The van der Waals surface area contributed by atoms with Crippen molar-refractivity contribution in [2.24, 2.45) is 0 Å². The van der Waals surface area contributed by atoms with Crippen LogP contribution in [0.2, 0.25) is 0 Å². The maximum atomic E-state index is 5.78. The van der Waals surface area contributed by atoms with E-state index in [1.165, 1.54) is 0 Å². The van der Waals surface area contributed by atoms with E-state index in [9.17, 15) is 0 Å². The number of H-pyrrole nitrogens is 1. The lowest BCUT2D eigenvalue weighted by atomic mass is 10.1. The lowest BCUT2D eigenvalue weighted by molar-refractivity contribution is 0.414. The molecule has 0 unspecified atom stereocenters. The van der Waals surface area contributed by atoms with Gasteiger partial charge in [0.25, 0.3) is 0 Å². The van der Waals surface area contributed by atoms with Crippen molar-refractivity contribution >= 4 is 5.69 Å². The number of ether oxygens (including phenoxy) is 1. The van der Waals surface area contributed by atoms with Crippen LogP contribution >= 0.6 is 0 Å². The number of methoxy groups -OCH3 is 1. The van der Waals surface area contributed by atoms with Gasteiger partial charge in [-0.15, -0.1) is 0 Å². The summed E-state index contributed by atoms with van der Waals surface area (Å²) in [6.45, 7) is 0. The average Bonchev–Trinajstić information content (AvgIpc) is 2.97. The highest BCUT2D eigenvalue weighted by Crippen LogP contribution is 2.18. The van der Waals surface area contributed by atoms with Crippen LogP contribution in [0.5, 0.6) is 5.75 Å². The zero-order valence-corrected chi connectivity index (χ0v) is 11.7. The number of anilines is 1. The van der Waals surface area contributed by atoms with Gasteiger partial charge < -0.3 is 10.5 Å². The van der Waals surface area contributed by atoms with Crippen LogP contribution in [0.1, 0.15) is 11.4 Å². The van der Waals surface area contributed by atoms with Gasteiger partial charge in [0.15, 0.2) is 5.82 Å². The molecular weight excluding hydrogens is 264 g/mol. The zero-order valence-electron chi connectivity index (χ0n) is 11.7. The van der Waals surface area contributed by atoms with E-state index in [0.29, 0.717) is 17.9 Å². The fourth-order valence-electron chi connectivity index (χ4n) is 2.12. The largest absolute Gasteiger partial charge is 0.497 e. The van der Waals surface area contributed by atoms with Crippen molar-refractivity contribution < 1.29 is 4.74 Å². The van der Waals surface area contributed by atoms with E-state index in [0.717, 1.165) is 22.7 Å². The summed E-state index contributed by atoms with van der Waals surface area (Å²) in [7, 11) is 1.66. The third-order valence-corrected chi connectivity index (χ3v) is 3.21. The Labute approximate surface area is 122 Å². The fraction of sp³-hybridized carbons (Fsp3) is 0.125. The van der Waals surface area contributed by atoms with E-state index < -0.39 is 0 Å². The second kappa shape index (κ2) is 5.66. The molecule has 3 aromatic rings. The lowest BCUT2D eigenvalue weighted by Crippen LogP contribution is -1.91. The lowest BCUT2D eigenvalue weighted by Gasteiger charge is -2.01. The number of benzene rings is 2. The first-order valence-electron chi connectivity index (χ1n) is 6.65. The molecule has 0 atom stereocenters. The Kier molecular flexibility index (Phi) is 3.55. The summed E-state index contributed by atoms with van der Waals surface area (Å²) >= 11 is 0. The Balaban J connectivity index is 1.78. The summed E-state index contributed by atoms with van der Waals surface area (Å²) < 4.78 is 5.14. The summed E-state index contributed by atoms with van der Waals surface area (Å²) in [6, 6.07) is 15.4. The van der Waals surface area contributed by atoms with E-state index in [2.05, 4.69) is 15.2 Å². The van der Waals surface area contributed by atoms with E-state index in [-0.39, 0.29) is 0 Å². The molecule has 0 aliphatic heterocycles. The molecule has 0 fully saturated rings. The number of aromatic amines is 1. The number of rotatable bonds is 4. The van der Waals surface area contributed by atoms with Crippen molar-refractivity contribution in [3.8, 4) is 17.1 Å². The Hall–Kier alpha value is -2.82. The smallest absolute Gasteiger partial charge is 0.181 e. The van der Waals surface area contributed by atoms with Crippen molar-refractivity contribution in [1.82, 2.24) is 15.2 Å². The number of nitrogens with two attached hydrogens (primary N) is 1. The summed E-state index contributed by atoms with van der Waals surface area (Å²) in [5.41, 5.74) is 8.53. The number of hydrogen-bond acceptors (Lipinski definition) is 4. The van der Waals surface area contributed by atoms with E-state index in [1.54, 1.807) is 7.11 Å². The quantitative estimate of drug-likeness (QED) is 0.720. The van der Waals surface area contributed by atoms with Crippen LogP contribution in [0.4, 0.5) is 5.69 Å². The van der Waals surface area contributed by atoms with Gasteiger partial charge in [0.2, 0.25) is 0 Å². The van der Waals surface area contributed by atoms with Gasteiger partial charge >= 0.3 is 0 Å². The van der Waals surface area contributed by atoms with Crippen LogP contribution in [0.25, 0.3) is 11.4 Å². The molecule has 3 N–H and O–H groups in total. The maximum absolute atomic E-state index is 5.78. The summed E-state index contributed by atoms with van der Waals surface area (Å²) in [5.74, 6) is 2.32. The van der Waals surface area contributed by atoms with Crippen LogP contribution in [-0.4, -0.2) is 22.3 Å². The highest BCUT2D eigenvalue weighted by atomic mass is 16.5. The van der Waals surface area contributed by atoms with Gasteiger partial charge in [-0.2, -0.15) is 5.10 Å². The molecule has 0 spiro atoms. The van der Waals surface area contributed by atoms with Crippen molar-refractivity contribution in [2.45, 2.75) is 6.42 Å². The second-order valence-electron chi connectivity index (χ2n) is 4.76. The topological polar surface area (TPSA) is 76.8 Å². The first-order chi connectivity index (χ1) is 10.2. The van der Waals surface area contributed by atoms with Crippen LogP contribution in [0.3, 0.4) is 0 Å². The van der Waals surface area contributed by atoms with Crippen molar-refractivity contribution in [3.05, 3.63) is 59.9 Å². The number of aromatic nitrogens is 3. The molecule has 0 amide bonds. The molecule has 21 heavy (non-hydrogen) atoms. The minimum absolute atomic E-state index is 0.658. The molecule has 0 saturated heterocycles. The van der Waals surface area contributed by atoms with Gasteiger partial charge in [-0.1, -0.05) is 24.3 Å². The van der Waals surface area contributed by atoms with Gasteiger partial charge in [-0.3, -0.25) is 5.10 Å². The maximum Gasteiger partial charge on any atom is 0.181 e. The number of nitrogens with zero attached hydrogens (tertiary/aromatic N) is 2. The minimum atomic E-state index is 0.658. The highest BCUT2D eigenvalue weighted by molar-refractivity contribution is 5.60. The van der Waals surface area contributed by atoms with E-state index >= 15 is 0 Å². The van der Waals surface area contributed by atoms with Crippen molar-refractivity contribution in [2.75, 3.05) is 12.8 Å². The summed E-state index contributed by atoms with van der Waals surface area (Å²) in [6.07, 6.45) is 0.694. The molecule has 0 saturated carbocycles. The molecule has 1 heterocycles. The first-order valence-corrected chi connectivity index (χ1v) is 6.65. The monoisotopic (exact) mass is 280 g/mol. The van der Waals surface area contributed by atoms with Crippen LogP contribution in [0, 0.1) is 0 Å². The highest BCUT2D eigenvalue weighted by Gasteiger charge is 2.07. The predicted molar refractivity (Wildman–Crippen MR) is 82.0 cm³/mol. The summed E-state index contributed by atoms with van der Waals surface area (Å²) in [5, 5.41) is 7.21.